The summed E-state index contributed by atoms with van der Waals surface area (Å²) in [7, 11) is 0. The lowest BCUT2D eigenvalue weighted by Gasteiger charge is -2.08. The monoisotopic (exact) mass is 654 g/mol. The Kier molecular flexibility index (Phi) is 19.5. The maximum atomic E-state index is 11.6. The number of carbonyl (C=O) groups excluding carboxylic acids is 1. The van der Waals surface area contributed by atoms with Crippen LogP contribution in [0.15, 0.2) is 24.3 Å². The highest BCUT2D eigenvalue weighted by Crippen LogP contribution is 2.52. The number of carboxylic acids is 3. The van der Waals surface area contributed by atoms with E-state index < -0.39 is 36.0 Å². The maximum Gasteiger partial charge on any atom is 0.407 e. The van der Waals surface area contributed by atoms with Crippen molar-refractivity contribution in [1.82, 2.24) is 5.32 Å². The number of terminal acetylenes is 2. The van der Waals surface area contributed by atoms with Crippen LogP contribution < -0.4 is 27.3 Å². The molecule has 1 aromatic carbocycles. The average molecular weight is 655 g/mol. The van der Waals surface area contributed by atoms with Gasteiger partial charge in [-0.15, -0.1) is 30.6 Å². The maximum absolute atomic E-state index is 11.6. The molecule has 1 unspecified atom stereocenters. The van der Waals surface area contributed by atoms with Crippen LogP contribution in [0.2, 0.25) is 0 Å². The second kappa shape index (κ2) is 22.7. The molecule has 1 saturated carbocycles. The lowest BCUT2D eigenvalue weighted by atomic mass is 10.1. The third-order valence-corrected chi connectivity index (χ3v) is 7.45. The summed E-state index contributed by atoms with van der Waals surface area (Å²) in [5.41, 5.74) is 16.6. The number of unbranched alkanes of at least 4 members (excludes halogenated alkanes) is 1. The van der Waals surface area contributed by atoms with Crippen LogP contribution in [-0.4, -0.2) is 77.2 Å². The Bertz CT molecular complexity index is 1280. The topological polar surface area (TPSA) is 238 Å². The molecule has 47 heavy (non-hydrogen) atoms. The summed E-state index contributed by atoms with van der Waals surface area (Å²) in [5.74, 6) is 10.3. The fourth-order valence-electron chi connectivity index (χ4n) is 4.71. The first-order valence-electron chi connectivity index (χ1n) is 15.3. The predicted octanol–water partition coefficient (Wildman–Crippen LogP) is 1.81. The molecule has 1 aromatic rings. The summed E-state index contributed by atoms with van der Waals surface area (Å²) >= 11 is 0. The number of rotatable bonds is 15. The van der Waals surface area contributed by atoms with E-state index in [1.807, 2.05) is 0 Å². The van der Waals surface area contributed by atoms with Gasteiger partial charge in [-0.3, -0.25) is 14.4 Å². The summed E-state index contributed by atoms with van der Waals surface area (Å²) in [4.78, 5) is 42.6. The van der Waals surface area contributed by atoms with Gasteiger partial charge < -0.3 is 47.3 Å². The number of hydrogen-bond acceptors (Lipinski definition) is 9. The van der Waals surface area contributed by atoms with Gasteiger partial charge in [0, 0.05) is 25.8 Å². The minimum atomic E-state index is -1.05. The number of nitrogens with one attached hydrogen (secondary N) is 1. The van der Waals surface area contributed by atoms with Crippen molar-refractivity contribution in [2.45, 2.75) is 75.9 Å². The molecule has 13 heteroatoms. The minimum Gasteiger partial charge on any atom is -0.481 e. The van der Waals surface area contributed by atoms with Crippen molar-refractivity contribution in [3.05, 3.63) is 29.8 Å². The molecule has 1 amide bonds. The molecule has 13 nitrogen and oxygen atoms in total. The lowest BCUT2D eigenvalue weighted by molar-refractivity contribution is -0.139. The Balaban J connectivity index is 0.000000398. The Morgan fingerprint density at radius 1 is 0.872 bits per heavy atom. The van der Waals surface area contributed by atoms with Gasteiger partial charge in [0.1, 0.15) is 30.5 Å². The van der Waals surface area contributed by atoms with Gasteiger partial charge in [0.05, 0.1) is 6.61 Å². The zero-order valence-electron chi connectivity index (χ0n) is 26.4. The highest BCUT2D eigenvalue weighted by atomic mass is 16.5. The molecule has 0 bridgehead atoms. The van der Waals surface area contributed by atoms with E-state index in [-0.39, 0.29) is 19.1 Å². The summed E-state index contributed by atoms with van der Waals surface area (Å²) < 4.78 is 10.5. The van der Waals surface area contributed by atoms with Gasteiger partial charge in [0.25, 0.3) is 0 Å². The zero-order chi connectivity index (χ0) is 35.2. The number of ether oxygens (including phenoxy) is 2. The van der Waals surface area contributed by atoms with Gasteiger partial charge in [-0.1, -0.05) is 18.1 Å². The van der Waals surface area contributed by atoms with Crippen LogP contribution in [0.1, 0.15) is 56.9 Å². The number of fused-ring (bicyclic) bond motifs is 1. The van der Waals surface area contributed by atoms with Gasteiger partial charge in [-0.25, -0.2) is 4.79 Å². The SMILES string of the molecule is C#CCOc1ccc(C[C@H](N)C(=O)O)cc1.C#CC[C@H](N)C(=O)O.N[C@@H](CCCCNC(=O)OCC1[C@H]2CCC#CCC[C@@H]12)C(=O)O. The molecule has 0 aromatic heterocycles. The van der Waals surface area contributed by atoms with Crippen molar-refractivity contribution < 1.29 is 44.0 Å². The van der Waals surface area contributed by atoms with Gasteiger partial charge in [0.2, 0.25) is 0 Å². The van der Waals surface area contributed by atoms with E-state index in [2.05, 4.69) is 29.0 Å². The van der Waals surface area contributed by atoms with E-state index >= 15 is 0 Å². The van der Waals surface area contributed by atoms with Crippen LogP contribution >= 0.6 is 0 Å². The summed E-state index contributed by atoms with van der Waals surface area (Å²) in [5, 5.41) is 28.1. The molecule has 2 aliphatic rings. The second-order valence-corrected chi connectivity index (χ2v) is 11.0. The van der Waals surface area contributed by atoms with Crippen LogP contribution in [-0.2, 0) is 25.5 Å². The van der Waals surface area contributed by atoms with E-state index in [1.54, 1.807) is 24.3 Å². The number of alkyl carbamates (subject to hydrolysis) is 1. The van der Waals surface area contributed by atoms with Crippen LogP contribution in [0.4, 0.5) is 4.79 Å². The largest absolute Gasteiger partial charge is 0.481 e. The number of benzene rings is 1. The molecule has 0 saturated heterocycles. The van der Waals surface area contributed by atoms with E-state index in [9.17, 15) is 19.2 Å². The van der Waals surface area contributed by atoms with E-state index in [1.165, 1.54) is 0 Å². The molecular weight excluding hydrogens is 608 g/mol. The van der Waals surface area contributed by atoms with Crippen molar-refractivity contribution in [2.24, 2.45) is 35.0 Å². The standard InChI is InChI=1S/C17H26N2O4.C12H13NO3.C5H7NO2/c18-15(16(20)21)9-5-6-10-19-17(22)23-11-14-12-7-3-1-2-4-8-13(12)14;1-2-7-16-10-5-3-9(4-6-10)8-11(13)12(14)15;1-2-3-4(6)5(7)8/h12-15H,3-11,18H2,(H,19,22)(H,20,21);1,3-6,11H,7-8,13H2,(H,14,15);1,4H,3,6H2,(H,7,8)/t12-,13+,14?,15-;11-;4-/m000/s1. The second-order valence-electron chi connectivity index (χ2n) is 11.0. The Morgan fingerprint density at radius 3 is 1.94 bits per heavy atom. The molecule has 0 radical (unpaired) electrons. The van der Waals surface area contributed by atoms with Gasteiger partial charge in [-0.2, -0.15) is 0 Å². The molecule has 2 aliphatic carbocycles. The fraction of sp³-hybridized carbons (Fsp3) is 0.529. The summed E-state index contributed by atoms with van der Waals surface area (Å²) in [6.07, 6.45) is 15.8. The van der Waals surface area contributed by atoms with Crippen molar-refractivity contribution >= 4 is 24.0 Å². The first kappa shape index (κ1) is 40.3. The molecular formula is C34H46N4O9. The normalized spacial score (nSPS) is 19.0. The van der Waals surface area contributed by atoms with Crippen molar-refractivity contribution in [3.63, 3.8) is 0 Å². The average Bonchev–Trinajstić information content (AvgIpc) is 3.68. The highest BCUT2D eigenvalue weighted by Gasteiger charge is 2.49. The van der Waals surface area contributed by atoms with Crippen LogP contribution in [0.25, 0.3) is 0 Å². The van der Waals surface area contributed by atoms with Crippen molar-refractivity contribution in [2.75, 3.05) is 19.8 Å². The first-order valence-corrected chi connectivity index (χ1v) is 15.3. The lowest BCUT2D eigenvalue weighted by Crippen LogP contribution is -2.32. The fourth-order valence-corrected chi connectivity index (χ4v) is 4.71. The van der Waals surface area contributed by atoms with Crippen LogP contribution in [0.3, 0.4) is 0 Å². The molecule has 0 aliphatic heterocycles. The third kappa shape index (κ3) is 17.5. The van der Waals surface area contributed by atoms with E-state index in [4.69, 9.17) is 54.8 Å². The molecule has 10 N–H and O–H groups in total. The molecule has 0 heterocycles. The quantitative estimate of drug-likeness (QED) is 0.106. The van der Waals surface area contributed by atoms with Gasteiger partial charge >= 0.3 is 24.0 Å². The molecule has 256 valence electrons. The minimum absolute atomic E-state index is 0.0926. The van der Waals surface area contributed by atoms with Gasteiger partial charge in [-0.05, 0) is 74.0 Å². The number of carbonyl (C=O) groups is 4. The number of hydrogen-bond donors (Lipinski definition) is 7. The van der Waals surface area contributed by atoms with Crippen LogP contribution in [0, 0.1) is 54.3 Å². The predicted molar refractivity (Wildman–Crippen MR) is 175 cm³/mol. The first-order chi connectivity index (χ1) is 22.4. The number of amides is 1. The number of nitrogens with two attached hydrogens (primary N) is 3. The molecule has 1 fully saturated rings. The van der Waals surface area contributed by atoms with E-state index in [0.717, 1.165) is 31.2 Å². The number of carboxylic acid groups (broad SMARTS) is 3. The molecule has 0 spiro atoms. The Labute approximate surface area is 275 Å². The smallest absolute Gasteiger partial charge is 0.407 e. The van der Waals surface area contributed by atoms with Crippen molar-refractivity contribution in [3.8, 4) is 42.3 Å². The highest BCUT2D eigenvalue weighted by molar-refractivity contribution is 5.74. The number of aliphatic carboxylic acids is 3. The molecule has 6 atom stereocenters. The molecule has 3 rings (SSSR count). The Hall–Kier alpha value is -4.74. The van der Waals surface area contributed by atoms with Crippen molar-refractivity contribution in [1.29, 1.82) is 0 Å². The Morgan fingerprint density at radius 2 is 1.45 bits per heavy atom. The summed E-state index contributed by atoms with van der Waals surface area (Å²) in [6.45, 7) is 1.19. The van der Waals surface area contributed by atoms with Gasteiger partial charge in [0.15, 0.2) is 0 Å². The zero-order valence-corrected chi connectivity index (χ0v) is 26.4. The van der Waals surface area contributed by atoms with Crippen LogP contribution in [0.5, 0.6) is 5.75 Å². The van der Waals surface area contributed by atoms with E-state index in [0.29, 0.717) is 62.3 Å². The third-order valence-electron chi connectivity index (χ3n) is 7.45. The summed E-state index contributed by atoms with van der Waals surface area (Å²) in [6, 6.07) is 4.42.